The molecule has 3 aromatic carbocycles. The molecule has 0 saturated carbocycles. The molecule has 2 nitrogen and oxygen atoms in total. The van der Waals surface area contributed by atoms with Gasteiger partial charge in [-0.2, -0.15) is 0 Å². The fourth-order valence-electron chi connectivity index (χ4n) is 3.51. The molecule has 2 heteroatoms. The number of anilines is 1. The van der Waals surface area contributed by atoms with Gasteiger partial charge < -0.3 is 5.32 Å². The van der Waals surface area contributed by atoms with Gasteiger partial charge in [0.15, 0.2) is 5.78 Å². The zero-order valence-corrected chi connectivity index (χ0v) is 13.3. The lowest BCUT2D eigenvalue weighted by Crippen LogP contribution is -2.32. The number of benzene rings is 3. The first kappa shape index (κ1) is 14.7. The van der Waals surface area contributed by atoms with Crippen LogP contribution in [-0.2, 0) is 0 Å². The highest BCUT2D eigenvalue weighted by Crippen LogP contribution is 2.43. The molecule has 1 radical (unpaired) electrons. The van der Waals surface area contributed by atoms with E-state index < -0.39 is 0 Å². The van der Waals surface area contributed by atoms with E-state index in [1.54, 1.807) is 0 Å². The number of carbonyl (C=O) groups excluding carboxylic acids is 1. The maximum Gasteiger partial charge on any atom is 0.175 e. The van der Waals surface area contributed by atoms with Gasteiger partial charge in [-0.15, -0.1) is 0 Å². The first-order chi connectivity index (χ1) is 11.8. The van der Waals surface area contributed by atoms with Crippen LogP contribution in [0.2, 0.25) is 0 Å². The zero-order valence-electron chi connectivity index (χ0n) is 13.3. The SMILES string of the molecule is [CH2]c1cccc2c1C(=O)C(c1ccccc1)C(c1ccccc1)N2. The van der Waals surface area contributed by atoms with Gasteiger partial charge in [-0.05, 0) is 29.7 Å². The number of nitrogens with one attached hydrogen (secondary N) is 1. The van der Waals surface area contributed by atoms with Crippen molar-refractivity contribution in [2.24, 2.45) is 0 Å². The van der Waals surface area contributed by atoms with Gasteiger partial charge in [0.1, 0.15) is 0 Å². The predicted octanol–water partition coefficient (Wildman–Crippen LogP) is 5.00. The Morgan fingerprint density at radius 3 is 2.04 bits per heavy atom. The molecular weight excluding hydrogens is 294 g/mol. The summed E-state index contributed by atoms with van der Waals surface area (Å²) in [7, 11) is 0. The fraction of sp³-hybridized carbons (Fsp3) is 0.0909. The lowest BCUT2D eigenvalue weighted by atomic mass is 9.77. The molecule has 1 aliphatic heterocycles. The van der Waals surface area contributed by atoms with Crippen molar-refractivity contribution in [2.75, 3.05) is 5.32 Å². The second-order valence-electron chi connectivity index (χ2n) is 6.12. The summed E-state index contributed by atoms with van der Waals surface area (Å²) in [6, 6.07) is 25.8. The highest BCUT2D eigenvalue weighted by atomic mass is 16.1. The molecule has 3 aromatic rings. The van der Waals surface area contributed by atoms with Crippen LogP contribution in [0.25, 0.3) is 0 Å². The van der Waals surface area contributed by atoms with Crippen LogP contribution in [0.3, 0.4) is 0 Å². The molecule has 0 fully saturated rings. The highest BCUT2D eigenvalue weighted by Gasteiger charge is 2.37. The number of Topliss-reactive ketones (excluding diaryl/α,β-unsaturated/α-hetero) is 1. The van der Waals surface area contributed by atoms with Crippen molar-refractivity contribution in [2.45, 2.75) is 12.0 Å². The Labute approximate surface area is 142 Å². The van der Waals surface area contributed by atoms with Crippen LogP contribution in [0.5, 0.6) is 0 Å². The molecule has 1 heterocycles. The zero-order chi connectivity index (χ0) is 16.5. The molecule has 1 N–H and O–H groups in total. The van der Waals surface area contributed by atoms with Crippen molar-refractivity contribution >= 4 is 11.5 Å². The summed E-state index contributed by atoms with van der Waals surface area (Å²) in [4.78, 5) is 13.3. The van der Waals surface area contributed by atoms with E-state index in [0.717, 1.165) is 22.4 Å². The van der Waals surface area contributed by atoms with Gasteiger partial charge in [0, 0.05) is 11.3 Å². The molecule has 2 unspecified atom stereocenters. The monoisotopic (exact) mass is 312 g/mol. The van der Waals surface area contributed by atoms with Gasteiger partial charge in [-0.25, -0.2) is 0 Å². The molecule has 117 valence electrons. The minimum Gasteiger partial charge on any atom is -0.377 e. The van der Waals surface area contributed by atoms with Gasteiger partial charge in [0.2, 0.25) is 0 Å². The van der Waals surface area contributed by atoms with Gasteiger partial charge in [-0.1, -0.05) is 72.8 Å². The van der Waals surface area contributed by atoms with Crippen molar-refractivity contribution < 1.29 is 4.79 Å². The number of rotatable bonds is 2. The average Bonchev–Trinajstić information content (AvgIpc) is 2.63. The molecule has 4 rings (SSSR count). The second-order valence-corrected chi connectivity index (χ2v) is 6.12. The van der Waals surface area contributed by atoms with Crippen molar-refractivity contribution in [3.8, 4) is 0 Å². The van der Waals surface area contributed by atoms with Gasteiger partial charge in [0.25, 0.3) is 0 Å². The maximum absolute atomic E-state index is 13.3. The van der Waals surface area contributed by atoms with Crippen LogP contribution in [-0.4, -0.2) is 5.78 Å². The van der Waals surface area contributed by atoms with Gasteiger partial charge >= 0.3 is 0 Å². The first-order valence-corrected chi connectivity index (χ1v) is 8.11. The van der Waals surface area contributed by atoms with E-state index in [1.165, 1.54) is 0 Å². The summed E-state index contributed by atoms with van der Waals surface area (Å²) in [6.45, 7) is 4.05. The quantitative estimate of drug-likeness (QED) is 0.721. The average molecular weight is 312 g/mol. The summed E-state index contributed by atoms with van der Waals surface area (Å²) < 4.78 is 0. The number of hydrogen-bond donors (Lipinski definition) is 1. The van der Waals surface area contributed by atoms with Crippen molar-refractivity contribution in [3.05, 3.63) is 108 Å². The Balaban J connectivity index is 1.90. The van der Waals surface area contributed by atoms with E-state index in [2.05, 4.69) is 24.4 Å². The lowest BCUT2D eigenvalue weighted by Gasteiger charge is -2.35. The van der Waals surface area contributed by atoms with E-state index in [1.807, 2.05) is 66.7 Å². The normalized spacial score (nSPS) is 19.5. The molecule has 0 bridgehead atoms. The summed E-state index contributed by atoms with van der Waals surface area (Å²) in [5, 5.41) is 3.57. The van der Waals surface area contributed by atoms with Crippen molar-refractivity contribution in [1.29, 1.82) is 0 Å². The van der Waals surface area contributed by atoms with Crippen LogP contribution < -0.4 is 5.32 Å². The molecule has 24 heavy (non-hydrogen) atoms. The fourth-order valence-corrected chi connectivity index (χ4v) is 3.51. The standard InChI is InChI=1S/C22H18NO/c1-15-9-8-14-18-19(15)22(24)20(16-10-4-2-5-11-16)21(23-18)17-12-6-3-7-13-17/h2-14,20-21,23H,1H2. The van der Waals surface area contributed by atoms with Crippen LogP contribution in [0.4, 0.5) is 5.69 Å². The molecule has 1 aliphatic rings. The Bertz CT molecular complexity index is 871. The number of hydrogen-bond acceptors (Lipinski definition) is 2. The van der Waals surface area contributed by atoms with Crippen LogP contribution >= 0.6 is 0 Å². The van der Waals surface area contributed by atoms with E-state index >= 15 is 0 Å². The Hall–Kier alpha value is -2.87. The summed E-state index contributed by atoms with van der Waals surface area (Å²) in [5.74, 6) is -0.126. The topological polar surface area (TPSA) is 29.1 Å². The summed E-state index contributed by atoms with van der Waals surface area (Å²) in [5.41, 5.74) is 4.49. The van der Waals surface area contributed by atoms with Gasteiger partial charge in [0.05, 0.1) is 12.0 Å². The number of fused-ring (bicyclic) bond motifs is 1. The Morgan fingerprint density at radius 2 is 1.38 bits per heavy atom. The highest BCUT2D eigenvalue weighted by molar-refractivity contribution is 6.09. The molecule has 0 aromatic heterocycles. The maximum atomic E-state index is 13.3. The minimum absolute atomic E-state index is 0.0876. The molecular formula is C22H18NO. The largest absolute Gasteiger partial charge is 0.377 e. The van der Waals surface area contributed by atoms with Crippen LogP contribution in [0.1, 0.15) is 39.0 Å². The molecule has 2 atom stereocenters. The molecule has 0 amide bonds. The Morgan fingerprint density at radius 1 is 0.750 bits per heavy atom. The summed E-state index contributed by atoms with van der Waals surface area (Å²) >= 11 is 0. The first-order valence-electron chi connectivity index (χ1n) is 8.11. The van der Waals surface area contributed by atoms with Crippen LogP contribution in [0, 0.1) is 6.92 Å². The number of ketones is 1. The lowest BCUT2D eigenvalue weighted by molar-refractivity contribution is 0.0944. The molecule has 0 aliphatic carbocycles. The van der Waals surface area contributed by atoms with Crippen molar-refractivity contribution in [3.63, 3.8) is 0 Å². The van der Waals surface area contributed by atoms with E-state index in [0.29, 0.717) is 5.56 Å². The second kappa shape index (κ2) is 5.97. The van der Waals surface area contributed by atoms with Crippen LogP contribution in [0.15, 0.2) is 78.9 Å². The molecule has 0 spiro atoms. The van der Waals surface area contributed by atoms with Gasteiger partial charge in [-0.3, -0.25) is 4.79 Å². The third-order valence-electron chi connectivity index (χ3n) is 4.64. The minimum atomic E-state index is -0.260. The van der Waals surface area contributed by atoms with E-state index in [9.17, 15) is 4.79 Å². The predicted molar refractivity (Wildman–Crippen MR) is 97.2 cm³/mol. The smallest absolute Gasteiger partial charge is 0.175 e. The van der Waals surface area contributed by atoms with E-state index in [-0.39, 0.29) is 17.7 Å². The number of carbonyl (C=O) groups is 1. The van der Waals surface area contributed by atoms with E-state index in [4.69, 9.17) is 0 Å². The third-order valence-corrected chi connectivity index (χ3v) is 4.64. The Kier molecular flexibility index (Phi) is 3.66. The summed E-state index contributed by atoms with van der Waals surface area (Å²) in [6.07, 6.45) is 0. The van der Waals surface area contributed by atoms with Crippen molar-refractivity contribution in [1.82, 2.24) is 0 Å². The molecule has 0 saturated heterocycles. The third kappa shape index (κ3) is 2.41.